The van der Waals surface area contributed by atoms with Gasteiger partial charge < -0.3 is 10.3 Å². The van der Waals surface area contributed by atoms with Crippen molar-refractivity contribution < 1.29 is 0 Å². The minimum Gasteiger partial charge on any atom is -0.384 e. The monoisotopic (exact) mass is 269 g/mol. The molecular weight excluding hydrogens is 250 g/mol. The summed E-state index contributed by atoms with van der Waals surface area (Å²) in [6, 6.07) is 9.65. The first-order valence-electron chi connectivity index (χ1n) is 6.61. The molecule has 104 valence electrons. The van der Waals surface area contributed by atoms with Crippen molar-refractivity contribution in [2.45, 2.75) is 27.3 Å². The lowest BCUT2D eigenvalue weighted by molar-refractivity contribution is 0.733. The maximum absolute atomic E-state index is 12.4. The lowest BCUT2D eigenvalue weighted by Gasteiger charge is -2.15. The first-order valence-corrected chi connectivity index (χ1v) is 6.61. The van der Waals surface area contributed by atoms with Crippen LogP contribution in [0.2, 0.25) is 0 Å². The third-order valence-electron chi connectivity index (χ3n) is 3.44. The standard InChI is InChI=1S/C16H19N3O/c1-4-19-14(8-7-13(15(17)18)16(19)20)12-6-5-10(2)9-11(12)3/h5-9H,4H2,1-3H3,(H3,17,18). The summed E-state index contributed by atoms with van der Waals surface area (Å²) in [4.78, 5) is 12.4. The van der Waals surface area contributed by atoms with Crippen molar-refractivity contribution in [3.05, 3.63) is 57.4 Å². The highest BCUT2D eigenvalue weighted by atomic mass is 16.1. The van der Waals surface area contributed by atoms with E-state index in [1.54, 1.807) is 10.6 Å². The second-order valence-electron chi connectivity index (χ2n) is 4.91. The van der Waals surface area contributed by atoms with Crippen LogP contribution in [0.25, 0.3) is 11.3 Å². The van der Waals surface area contributed by atoms with Gasteiger partial charge in [-0.3, -0.25) is 10.2 Å². The van der Waals surface area contributed by atoms with Crippen LogP contribution in [0.1, 0.15) is 23.6 Å². The molecule has 0 saturated heterocycles. The Bertz CT molecular complexity index is 729. The van der Waals surface area contributed by atoms with E-state index in [0.29, 0.717) is 6.54 Å². The van der Waals surface area contributed by atoms with Gasteiger partial charge in [0, 0.05) is 12.1 Å². The topological polar surface area (TPSA) is 71.9 Å². The number of aromatic nitrogens is 1. The lowest BCUT2D eigenvalue weighted by atomic mass is 10.0. The van der Waals surface area contributed by atoms with Crippen LogP contribution in [0.3, 0.4) is 0 Å². The Balaban J connectivity index is 2.72. The number of nitrogen functional groups attached to an aromatic ring is 1. The number of nitrogens with two attached hydrogens (primary N) is 1. The van der Waals surface area contributed by atoms with Crippen molar-refractivity contribution in [2.75, 3.05) is 0 Å². The number of nitrogens with one attached hydrogen (secondary N) is 1. The molecule has 0 spiro atoms. The number of hydrogen-bond acceptors (Lipinski definition) is 2. The number of aryl methyl sites for hydroxylation is 2. The molecule has 1 heterocycles. The predicted molar refractivity (Wildman–Crippen MR) is 82.3 cm³/mol. The van der Waals surface area contributed by atoms with Gasteiger partial charge in [0.2, 0.25) is 0 Å². The maximum atomic E-state index is 12.4. The molecule has 0 saturated carbocycles. The van der Waals surface area contributed by atoms with Crippen LogP contribution in [0.5, 0.6) is 0 Å². The van der Waals surface area contributed by atoms with Gasteiger partial charge in [0.1, 0.15) is 5.84 Å². The molecule has 0 unspecified atom stereocenters. The summed E-state index contributed by atoms with van der Waals surface area (Å²) in [5.74, 6) is -0.190. The normalized spacial score (nSPS) is 10.6. The Kier molecular flexibility index (Phi) is 3.74. The van der Waals surface area contributed by atoms with Crippen molar-refractivity contribution in [1.82, 2.24) is 4.57 Å². The summed E-state index contributed by atoms with van der Waals surface area (Å²) in [6.45, 7) is 6.54. The van der Waals surface area contributed by atoms with Gasteiger partial charge in [-0.15, -0.1) is 0 Å². The Labute approximate surface area is 118 Å². The molecule has 0 radical (unpaired) electrons. The van der Waals surface area contributed by atoms with E-state index in [-0.39, 0.29) is 17.0 Å². The van der Waals surface area contributed by atoms with Crippen molar-refractivity contribution in [3.8, 4) is 11.3 Å². The highest BCUT2D eigenvalue weighted by Crippen LogP contribution is 2.23. The fourth-order valence-electron chi connectivity index (χ4n) is 2.43. The average molecular weight is 269 g/mol. The molecule has 0 aliphatic carbocycles. The van der Waals surface area contributed by atoms with Crippen LogP contribution in [-0.2, 0) is 6.54 Å². The number of rotatable bonds is 3. The van der Waals surface area contributed by atoms with Crippen LogP contribution in [0.15, 0.2) is 35.1 Å². The van der Waals surface area contributed by atoms with E-state index in [1.807, 2.05) is 39.0 Å². The molecule has 0 fully saturated rings. The number of pyridine rings is 1. The van der Waals surface area contributed by atoms with Crippen molar-refractivity contribution in [3.63, 3.8) is 0 Å². The van der Waals surface area contributed by atoms with Gasteiger partial charge in [0.05, 0.1) is 11.3 Å². The summed E-state index contributed by atoms with van der Waals surface area (Å²) >= 11 is 0. The maximum Gasteiger partial charge on any atom is 0.261 e. The van der Waals surface area contributed by atoms with Gasteiger partial charge >= 0.3 is 0 Å². The molecule has 0 bridgehead atoms. The van der Waals surface area contributed by atoms with E-state index >= 15 is 0 Å². The van der Waals surface area contributed by atoms with Gasteiger partial charge in [-0.05, 0) is 38.5 Å². The Hall–Kier alpha value is -2.36. The summed E-state index contributed by atoms with van der Waals surface area (Å²) in [7, 11) is 0. The minimum absolute atomic E-state index is 0.190. The molecule has 0 atom stereocenters. The molecule has 1 aromatic carbocycles. The van der Waals surface area contributed by atoms with Crippen LogP contribution in [0, 0.1) is 19.3 Å². The van der Waals surface area contributed by atoms with E-state index in [0.717, 1.165) is 16.8 Å². The molecule has 3 N–H and O–H groups in total. The fraction of sp³-hybridized carbons (Fsp3) is 0.250. The molecule has 0 aliphatic heterocycles. The lowest BCUT2D eigenvalue weighted by Crippen LogP contribution is -2.30. The molecule has 0 aliphatic rings. The van der Waals surface area contributed by atoms with E-state index in [1.165, 1.54) is 5.56 Å². The van der Waals surface area contributed by atoms with Gasteiger partial charge in [0.25, 0.3) is 5.56 Å². The Morgan fingerprint density at radius 2 is 1.95 bits per heavy atom. The predicted octanol–water partition coefficient (Wildman–Crippen LogP) is 2.44. The average Bonchev–Trinajstić information content (AvgIpc) is 2.38. The second-order valence-corrected chi connectivity index (χ2v) is 4.91. The highest BCUT2D eigenvalue weighted by molar-refractivity contribution is 5.94. The third-order valence-corrected chi connectivity index (χ3v) is 3.44. The largest absolute Gasteiger partial charge is 0.384 e. The van der Waals surface area contributed by atoms with E-state index in [9.17, 15) is 4.79 Å². The van der Waals surface area contributed by atoms with Crippen molar-refractivity contribution in [1.29, 1.82) is 5.41 Å². The fourth-order valence-corrected chi connectivity index (χ4v) is 2.43. The number of amidine groups is 1. The molecule has 4 heteroatoms. The molecule has 2 rings (SSSR count). The summed E-state index contributed by atoms with van der Waals surface area (Å²) in [5, 5.41) is 7.46. The second kappa shape index (κ2) is 5.33. The smallest absolute Gasteiger partial charge is 0.261 e. The summed E-state index contributed by atoms with van der Waals surface area (Å²) < 4.78 is 1.66. The van der Waals surface area contributed by atoms with E-state index in [2.05, 4.69) is 6.07 Å². The first kappa shape index (κ1) is 14.1. The molecule has 20 heavy (non-hydrogen) atoms. The van der Waals surface area contributed by atoms with Gasteiger partial charge in [-0.2, -0.15) is 0 Å². The van der Waals surface area contributed by atoms with Crippen LogP contribution >= 0.6 is 0 Å². The van der Waals surface area contributed by atoms with Gasteiger partial charge in [-0.1, -0.05) is 23.8 Å². The third kappa shape index (κ3) is 2.37. The van der Waals surface area contributed by atoms with E-state index < -0.39 is 0 Å². The molecule has 0 amide bonds. The van der Waals surface area contributed by atoms with Gasteiger partial charge in [0.15, 0.2) is 0 Å². The molecule has 1 aromatic heterocycles. The summed E-state index contributed by atoms with van der Waals surface area (Å²) in [5.41, 5.74) is 9.70. The number of nitrogens with zero attached hydrogens (tertiary/aromatic N) is 1. The van der Waals surface area contributed by atoms with Crippen molar-refractivity contribution in [2.24, 2.45) is 5.73 Å². The van der Waals surface area contributed by atoms with E-state index in [4.69, 9.17) is 11.1 Å². The van der Waals surface area contributed by atoms with Crippen LogP contribution in [-0.4, -0.2) is 10.4 Å². The SMILES string of the molecule is CCn1c(-c2ccc(C)cc2C)ccc(C(=N)N)c1=O. The Morgan fingerprint density at radius 3 is 2.50 bits per heavy atom. The highest BCUT2D eigenvalue weighted by Gasteiger charge is 2.12. The zero-order valence-electron chi connectivity index (χ0n) is 12.0. The van der Waals surface area contributed by atoms with Crippen molar-refractivity contribution >= 4 is 5.84 Å². The van der Waals surface area contributed by atoms with Gasteiger partial charge in [-0.25, -0.2) is 0 Å². The molecular formula is C16H19N3O. The zero-order valence-corrected chi connectivity index (χ0v) is 12.0. The first-order chi connectivity index (χ1) is 9.45. The minimum atomic E-state index is -0.211. The Morgan fingerprint density at radius 1 is 1.25 bits per heavy atom. The summed E-state index contributed by atoms with van der Waals surface area (Å²) in [6.07, 6.45) is 0. The number of benzene rings is 1. The van der Waals surface area contributed by atoms with Crippen LogP contribution in [0.4, 0.5) is 0 Å². The molecule has 4 nitrogen and oxygen atoms in total. The quantitative estimate of drug-likeness (QED) is 0.663. The zero-order chi connectivity index (χ0) is 14.9. The van der Waals surface area contributed by atoms with Crippen LogP contribution < -0.4 is 11.3 Å². The number of hydrogen-bond donors (Lipinski definition) is 2. The molecule has 2 aromatic rings.